The number of allylic oxidation sites excluding steroid dienone is 2. The maximum absolute atomic E-state index is 5.57. The predicted molar refractivity (Wildman–Crippen MR) is 80.7 cm³/mol. The Balaban J connectivity index is 2.37. The van der Waals surface area contributed by atoms with Crippen LogP contribution in [0.1, 0.15) is 38.7 Å². The molecule has 100 valence electrons. The van der Waals surface area contributed by atoms with Crippen LogP contribution < -0.4 is 0 Å². The van der Waals surface area contributed by atoms with Gasteiger partial charge in [-0.15, -0.1) is 0 Å². The summed E-state index contributed by atoms with van der Waals surface area (Å²) < 4.78 is 5.57. The van der Waals surface area contributed by atoms with Crippen molar-refractivity contribution < 1.29 is 4.74 Å². The number of hydrogen-bond donors (Lipinski definition) is 0. The van der Waals surface area contributed by atoms with E-state index in [4.69, 9.17) is 4.74 Å². The maximum Gasteiger partial charge on any atom is 0.165 e. The van der Waals surface area contributed by atoms with Crippen molar-refractivity contribution in [2.45, 2.75) is 33.1 Å². The van der Waals surface area contributed by atoms with E-state index in [1.54, 1.807) is 7.11 Å². The highest BCUT2D eigenvalue weighted by Gasteiger charge is 2.20. The van der Waals surface area contributed by atoms with Crippen molar-refractivity contribution in [1.29, 1.82) is 0 Å². The van der Waals surface area contributed by atoms with E-state index in [9.17, 15) is 0 Å². The van der Waals surface area contributed by atoms with Crippen molar-refractivity contribution >= 4 is 6.08 Å². The van der Waals surface area contributed by atoms with Crippen molar-refractivity contribution in [3.05, 3.63) is 58.5 Å². The summed E-state index contributed by atoms with van der Waals surface area (Å²) >= 11 is 0. The zero-order valence-electron chi connectivity index (χ0n) is 12.1. The lowest BCUT2D eigenvalue weighted by Gasteiger charge is -2.24. The third-order valence-corrected chi connectivity index (χ3v) is 3.76. The minimum atomic E-state index is 0.570. The Labute approximate surface area is 116 Å². The topological polar surface area (TPSA) is 9.23 Å². The van der Waals surface area contributed by atoms with Crippen molar-refractivity contribution in [3.63, 3.8) is 0 Å². The number of ether oxygens (including phenoxy) is 1. The summed E-state index contributed by atoms with van der Waals surface area (Å²) in [4.78, 5) is 0. The maximum atomic E-state index is 5.57. The minimum Gasteiger partial charge on any atom is -0.489 e. The molecule has 1 heteroatoms. The van der Waals surface area contributed by atoms with Gasteiger partial charge in [-0.25, -0.2) is 0 Å². The van der Waals surface area contributed by atoms with Crippen LogP contribution in [0.3, 0.4) is 0 Å². The van der Waals surface area contributed by atoms with Crippen LogP contribution in [0.4, 0.5) is 0 Å². The Morgan fingerprint density at radius 3 is 2.68 bits per heavy atom. The first-order valence-electron chi connectivity index (χ1n) is 6.98. The molecule has 1 unspecified atom stereocenters. The first kappa shape index (κ1) is 13.7. The molecule has 1 aromatic carbocycles. The minimum absolute atomic E-state index is 0.570. The van der Waals surface area contributed by atoms with E-state index in [-0.39, 0.29) is 0 Å². The summed E-state index contributed by atoms with van der Waals surface area (Å²) in [6, 6.07) is 10.2. The molecule has 0 aliphatic heterocycles. The summed E-state index contributed by atoms with van der Waals surface area (Å²) in [6.07, 6.45) is 5.71. The standard InChI is InChI=1S/C18H22O/c1-14-8-7-9-15(2)18(14)17(19-3)13-12-16-10-5-4-6-11-16/h4-6,10-12,14H,7-9H2,1-3H3. The molecule has 0 fully saturated rings. The van der Waals surface area contributed by atoms with Crippen LogP contribution in [0, 0.1) is 5.92 Å². The molecule has 2 rings (SSSR count). The molecule has 0 saturated carbocycles. The molecule has 1 aromatic rings. The first-order valence-corrected chi connectivity index (χ1v) is 6.98. The van der Waals surface area contributed by atoms with Crippen LogP contribution in [-0.4, -0.2) is 7.11 Å². The van der Waals surface area contributed by atoms with Gasteiger partial charge in [0.25, 0.3) is 0 Å². The number of methoxy groups -OCH3 is 1. The van der Waals surface area contributed by atoms with Crippen LogP contribution in [0.5, 0.6) is 0 Å². The van der Waals surface area contributed by atoms with Gasteiger partial charge >= 0.3 is 0 Å². The zero-order chi connectivity index (χ0) is 13.7. The van der Waals surface area contributed by atoms with Gasteiger partial charge in [0.15, 0.2) is 5.76 Å². The highest BCUT2D eigenvalue weighted by Crippen LogP contribution is 2.34. The number of rotatable bonds is 3. The summed E-state index contributed by atoms with van der Waals surface area (Å²) in [5.74, 6) is 1.47. The van der Waals surface area contributed by atoms with Gasteiger partial charge in [0, 0.05) is 5.57 Å². The molecule has 0 radical (unpaired) electrons. The lowest BCUT2D eigenvalue weighted by atomic mass is 9.83. The average molecular weight is 254 g/mol. The Hall–Kier alpha value is -1.72. The fraction of sp³-hybridized carbons (Fsp3) is 0.389. The Kier molecular flexibility index (Phi) is 4.65. The fourth-order valence-corrected chi connectivity index (χ4v) is 2.74. The van der Waals surface area contributed by atoms with E-state index in [0.717, 1.165) is 11.3 Å². The molecule has 0 amide bonds. The van der Waals surface area contributed by atoms with E-state index < -0.39 is 0 Å². The molecule has 0 N–H and O–H groups in total. The van der Waals surface area contributed by atoms with Crippen LogP contribution >= 0.6 is 0 Å². The molecule has 19 heavy (non-hydrogen) atoms. The lowest BCUT2D eigenvalue weighted by Crippen LogP contribution is -2.11. The SMILES string of the molecule is COC(=C=Cc1ccccc1)C1=C(C)CCCC1C. The first-order chi connectivity index (χ1) is 9.22. The third-order valence-electron chi connectivity index (χ3n) is 3.76. The van der Waals surface area contributed by atoms with Crippen molar-refractivity contribution in [3.8, 4) is 0 Å². The molecule has 0 bridgehead atoms. The van der Waals surface area contributed by atoms with E-state index in [0.29, 0.717) is 5.92 Å². The monoisotopic (exact) mass is 254 g/mol. The van der Waals surface area contributed by atoms with Gasteiger partial charge in [0.2, 0.25) is 0 Å². The second-order valence-corrected chi connectivity index (χ2v) is 5.22. The Morgan fingerprint density at radius 2 is 2.05 bits per heavy atom. The van der Waals surface area contributed by atoms with Crippen molar-refractivity contribution in [2.75, 3.05) is 7.11 Å². The second-order valence-electron chi connectivity index (χ2n) is 5.22. The lowest BCUT2D eigenvalue weighted by molar-refractivity contribution is 0.289. The van der Waals surface area contributed by atoms with E-state index in [2.05, 4.69) is 31.7 Å². The second kappa shape index (κ2) is 6.45. The molecule has 0 aromatic heterocycles. The normalized spacial score (nSPS) is 18.8. The van der Waals surface area contributed by atoms with Gasteiger partial charge in [0.1, 0.15) is 0 Å². The average Bonchev–Trinajstić information content (AvgIpc) is 2.43. The quantitative estimate of drug-likeness (QED) is 0.547. The molecule has 0 saturated heterocycles. The molecule has 0 heterocycles. The fourth-order valence-electron chi connectivity index (χ4n) is 2.74. The van der Waals surface area contributed by atoms with Gasteiger partial charge in [-0.2, -0.15) is 0 Å². The van der Waals surface area contributed by atoms with Crippen LogP contribution in [0.2, 0.25) is 0 Å². The molecule has 1 nitrogen and oxygen atoms in total. The van der Waals surface area contributed by atoms with E-state index in [1.165, 1.54) is 30.4 Å². The largest absolute Gasteiger partial charge is 0.489 e. The molecule has 1 aliphatic carbocycles. The third kappa shape index (κ3) is 3.39. The summed E-state index contributed by atoms with van der Waals surface area (Å²) in [5, 5.41) is 0. The van der Waals surface area contributed by atoms with Gasteiger partial charge in [-0.3, -0.25) is 0 Å². The molecule has 1 aliphatic rings. The summed E-state index contributed by atoms with van der Waals surface area (Å²) in [5.41, 5.74) is 7.28. The number of hydrogen-bond acceptors (Lipinski definition) is 1. The highest BCUT2D eigenvalue weighted by atomic mass is 16.5. The summed E-state index contributed by atoms with van der Waals surface area (Å²) in [6.45, 7) is 4.50. The smallest absolute Gasteiger partial charge is 0.165 e. The van der Waals surface area contributed by atoms with Crippen LogP contribution in [0.15, 0.2) is 53.0 Å². The van der Waals surface area contributed by atoms with Gasteiger partial charge < -0.3 is 4.74 Å². The molecular formula is C18H22O. The van der Waals surface area contributed by atoms with Gasteiger partial charge in [-0.05, 0) is 43.7 Å². The predicted octanol–water partition coefficient (Wildman–Crippen LogP) is 4.97. The van der Waals surface area contributed by atoms with E-state index in [1.807, 2.05) is 24.3 Å². The van der Waals surface area contributed by atoms with Gasteiger partial charge in [-0.1, -0.05) is 48.6 Å². The Morgan fingerprint density at radius 1 is 1.32 bits per heavy atom. The highest BCUT2D eigenvalue weighted by molar-refractivity contribution is 5.50. The Bertz CT molecular complexity index is 516. The van der Waals surface area contributed by atoms with Gasteiger partial charge in [0.05, 0.1) is 7.11 Å². The van der Waals surface area contributed by atoms with E-state index >= 15 is 0 Å². The zero-order valence-corrected chi connectivity index (χ0v) is 12.1. The molecule has 0 spiro atoms. The summed E-state index contributed by atoms with van der Waals surface area (Å²) in [7, 11) is 1.74. The van der Waals surface area contributed by atoms with Crippen molar-refractivity contribution in [1.82, 2.24) is 0 Å². The van der Waals surface area contributed by atoms with Crippen molar-refractivity contribution in [2.24, 2.45) is 5.92 Å². The molecular weight excluding hydrogens is 232 g/mol. The molecule has 1 atom stereocenters. The van der Waals surface area contributed by atoms with Crippen LogP contribution in [0.25, 0.3) is 6.08 Å². The van der Waals surface area contributed by atoms with Crippen LogP contribution in [-0.2, 0) is 4.74 Å². The number of benzene rings is 1.